The summed E-state index contributed by atoms with van der Waals surface area (Å²) in [6, 6.07) is 7.50. The van der Waals surface area contributed by atoms with E-state index in [4.69, 9.17) is 0 Å². The van der Waals surface area contributed by atoms with E-state index in [0.717, 1.165) is 22.1 Å². The fourth-order valence-corrected chi connectivity index (χ4v) is 3.31. The van der Waals surface area contributed by atoms with E-state index in [0.29, 0.717) is 12.5 Å². The maximum absolute atomic E-state index is 11.6. The van der Waals surface area contributed by atoms with Crippen LogP contribution in [0, 0.1) is 0 Å². The van der Waals surface area contributed by atoms with Crippen LogP contribution in [0.3, 0.4) is 0 Å². The molecule has 2 rings (SSSR count). The fourth-order valence-electron chi connectivity index (χ4n) is 1.84. The van der Waals surface area contributed by atoms with E-state index in [1.165, 1.54) is 18.6 Å². The van der Waals surface area contributed by atoms with Gasteiger partial charge in [0.2, 0.25) is 15.2 Å². The monoisotopic (exact) mass is 340 g/mol. The summed E-state index contributed by atoms with van der Waals surface area (Å²) in [6.45, 7) is 4.69. The third-order valence-electron chi connectivity index (χ3n) is 3.06. The summed E-state index contributed by atoms with van der Waals surface area (Å²) in [5, 5.41) is 4.00. The van der Waals surface area contributed by atoms with Crippen molar-refractivity contribution in [2.24, 2.45) is 0 Å². The van der Waals surface area contributed by atoms with Crippen molar-refractivity contribution in [1.82, 2.24) is 14.1 Å². The third kappa shape index (κ3) is 4.75. The molecule has 0 saturated heterocycles. The highest BCUT2D eigenvalue weighted by atomic mass is 32.2. The van der Waals surface area contributed by atoms with E-state index in [9.17, 15) is 8.42 Å². The second-order valence-electron chi connectivity index (χ2n) is 5.25. The highest BCUT2D eigenvalue weighted by molar-refractivity contribution is 7.88. The topological polar surface area (TPSA) is 84.0 Å². The maximum Gasteiger partial charge on any atom is 0.215 e. The molecule has 0 bridgehead atoms. The van der Waals surface area contributed by atoms with Gasteiger partial charge in [-0.15, -0.1) is 0 Å². The molecule has 0 aliphatic heterocycles. The van der Waals surface area contributed by atoms with E-state index in [-0.39, 0.29) is 5.75 Å². The molecule has 22 heavy (non-hydrogen) atoms. The zero-order valence-electron chi connectivity index (χ0n) is 12.8. The molecule has 0 unspecified atom stereocenters. The lowest BCUT2D eigenvalue weighted by Gasteiger charge is -2.06. The predicted octanol–water partition coefficient (Wildman–Crippen LogP) is 2.32. The lowest BCUT2D eigenvalue weighted by Crippen LogP contribution is -2.20. The number of rotatable bonds is 7. The minimum absolute atomic E-state index is 0.0202. The standard InChI is InChI=1S/C14H20N4O2S2/c1-10(2)13-17-14(21-18-13)16-8-11-5-4-6-12(7-11)9-22(19,20)15-3/h4-7,10,15H,8-9H2,1-3H3,(H,16,17,18). The Morgan fingerprint density at radius 3 is 2.64 bits per heavy atom. The van der Waals surface area contributed by atoms with Gasteiger partial charge in [0, 0.05) is 24.0 Å². The van der Waals surface area contributed by atoms with Gasteiger partial charge in [-0.2, -0.15) is 4.37 Å². The Kier molecular flexibility index (Phi) is 5.49. The minimum atomic E-state index is -3.25. The summed E-state index contributed by atoms with van der Waals surface area (Å²) in [4.78, 5) is 4.41. The molecule has 6 nitrogen and oxygen atoms in total. The maximum atomic E-state index is 11.6. The van der Waals surface area contributed by atoms with Gasteiger partial charge < -0.3 is 5.32 Å². The summed E-state index contributed by atoms with van der Waals surface area (Å²) in [5.41, 5.74) is 1.76. The molecule has 0 amide bonds. The molecule has 1 aromatic carbocycles. The molecular formula is C14H20N4O2S2. The van der Waals surface area contributed by atoms with Gasteiger partial charge in [-0.1, -0.05) is 38.1 Å². The molecule has 0 radical (unpaired) electrons. The van der Waals surface area contributed by atoms with Crippen molar-refractivity contribution in [3.8, 4) is 0 Å². The fraction of sp³-hybridized carbons (Fsp3) is 0.429. The number of hydrogen-bond donors (Lipinski definition) is 2. The number of benzene rings is 1. The normalized spacial score (nSPS) is 11.8. The molecule has 8 heteroatoms. The van der Waals surface area contributed by atoms with Crippen LogP contribution in [-0.2, 0) is 22.3 Å². The Bertz CT molecular complexity index is 726. The zero-order chi connectivity index (χ0) is 16.2. The van der Waals surface area contributed by atoms with Crippen molar-refractivity contribution in [2.75, 3.05) is 12.4 Å². The van der Waals surface area contributed by atoms with Crippen LogP contribution in [0.25, 0.3) is 0 Å². The van der Waals surface area contributed by atoms with Gasteiger partial charge in [-0.25, -0.2) is 18.1 Å². The summed E-state index contributed by atoms with van der Waals surface area (Å²) in [5.74, 6) is 1.12. The Labute approximate surface area is 135 Å². The van der Waals surface area contributed by atoms with Gasteiger partial charge in [0.25, 0.3) is 0 Å². The molecule has 1 aromatic heterocycles. The highest BCUT2D eigenvalue weighted by Gasteiger charge is 2.10. The molecule has 0 aliphatic carbocycles. The van der Waals surface area contributed by atoms with Gasteiger partial charge in [-0.3, -0.25) is 0 Å². The summed E-state index contributed by atoms with van der Waals surface area (Å²) < 4.78 is 29.8. The van der Waals surface area contributed by atoms with Gasteiger partial charge in [-0.05, 0) is 18.2 Å². The van der Waals surface area contributed by atoms with Crippen LogP contribution in [0.5, 0.6) is 0 Å². The van der Waals surface area contributed by atoms with Crippen molar-refractivity contribution in [3.05, 3.63) is 41.2 Å². The Morgan fingerprint density at radius 2 is 2.00 bits per heavy atom. The van der Waals surface area contributed by atoms with Crippen molar-refractivity contribution in [1.29, 1.82) is 0 Å². The van der Waals surface area contributed by atoms with E-state index >= 15 is 0 Å². The van der Waals surface area contributed by atoms with Gasteiger partial charge in [0.05, 0.1) is 5.75 Å². The van der Waals surface area contributed by atoms with E-state index in [2.05, 4.69) is 33.2 Å². The lowest BCUT2D eigenvalue weighted by molar-refractivity contribution is 0.587. The minimum Gasteiger partial charge on any atom is -0.356 e. The SMILES string of the molecule is CNS(=O)(=O)Cc1cccc(CNc2nc(C(C)C)ns2)c1. The second kappa shape index (κ2) is 7.17. The van der Waals surface area contributed by atoms with Crippen LogP contribution in [0.2, 0.25) is 0 Å². The molecule has 120 valence electrons. The van der Waals surface area contributed by atoms with Crippen LogP contribution < -0.4 is 10.0 Å². The first-order valence-electron chi connectivity index (χ1n) is 6.96. The molecule has 2 N–H and O–H groups in total. The summed E-state index contributed by atoms with van der Waals surface area (Å²) in [7, 11) is -1.83. The second-order valence-corrected chi connectivity index (χ2v) is 7.93. The first kappa shape index (κ1) is 16.9. The van der Waals surface area contributed by atoms with Crippen LogP contribution in [-0.4, -0.2) is 24.8 Å². The Morgan fingerprint density at radius 1 is 1.27 bits per heavy atom. The number of hydrogen-bond acceptors (Lipinski definition) is 6. The molecule has 0 spiro atoms. The lowest BCUT2D eigenvalue weighted by atomic mass is 10.1. The average Bonchev–Trinajstić information content (AvgIpc) is 2.94. The molecule has 0 aliphatic rings. The van der Waals surface area contributed by atoms with Gasteiger partial charge in [0.1, 0.15) is 5.82 Å². The van der Waals surface area contributed by atoms with E-state index in [1.807, 2.05) is 18.2 Å². The van der Waals surface area contributed by atoms with E-state index in [1.54, 1.807) is 6.07 Å². The van der Waals surface area contributed by atoms with Gasteiger partial charge in [0.15, 0.2) is 0 Å². The number of aromatic nitrogens is 2. The van der Waals surface area contributed by atoms with Crippen molar-refractivity contribution in [2.45, 2.75) is 32.1 Å². The molecular weight excluding hydrogens is 320 g/mol. The molecule has 2 aromatic rings. The Balaban J connectivity index is 2.01. The van der Waals surface area contributed by atoms with Crippen LogP contribution in [0.15, 0.2) is 24.3 Å². The molecule has 0 fully saturated rings. The van der Waals surface area contributed by atoms with Crippen molar-refractivity contribution < 1.29 is 8.42 Å². The van der Waals surface area contributed by atoms with Gasteiger partial charge >= 0.3 is 0 Å². The summed E-state index contributed by atoms with van der Waals surface area (Å²) in [6.07, 6.45) is 0. The van der Waals surface area contributed by atoms with Crippen LogP contribution in [0.1, 0.15) is 36.7 Å². The largest absolute Gasteiger partial charge is 0.356 e. The summed E-state index contributed by atoms with van der Waals surface area (Å²) >= 11 is 1.34. The molecule has 0 saturated carbocycles. The van der Waals surface area contributed by atoms with Crippen LogP contribution in [0.4, 0.5) is 5.13 Å². The molecule has 1 heterocycles. The molecule has 0 atom stereocenters. The number of nitrogens with zero attached hydrogens (tertiary/aromatic N) is 2. The first-order valence-corrected chi connectivity index (χ1v) is 9.38. The number of sulfonamides is 1. The van der Waals surface area contributed by atoms with E-state index < -0.39 is 10.0 Å². The highest BCUT2D eigenvalue weighted by Crippen LogP contribution is 2.18. The number of anilines is 1. The van der Waals surface area contributed by atoms with Crippen molar-refractivity contribution in [3.63, 3.8) is 0 Å². The first-order chi connectivity index (χ1) is 10.4. The quantitative estimate of drug-likeness (QED) is 0.808. The third-order valence-corrected chi connectivity index (χ3v) is 5.08. The van der Waals surface area contributed by atoms with Crippen molar-refractivity contribution >= 4 is 26.7 Å². The number of nitrogens with one attached hydrogen (secondary N) is 2. The smallest absolute Gasteiger partial charge is 0.215 e. The van der Waals surface area contributed by atoms with Crippen LogP contribution >= 0.6 is 11.5 Å². The average molecular weight is 340 g/mol. The Hall–Kier alpha value is -1.51. The predicted molar refractivity (Wildman–Crippen MR) is 89.5 cm³/mol. The zero-order valence-corrected chi connectivity index (χ0v) is 14.5.